The topological polar surface area (TPSA) is 41.5 Å². The summed E-state index contributed by atoms with van der Waals surface area (Å²) >= 11 is 1.60. The van der Waals surface area contributed by atoms with Crippen LogP contribution in [0, 0.1) is 0 Å². The normalized spacial score (nSPS) is 11.6. The van der Waals surface area contributed by atoms with Crippen molar-refractivity contribution >= 4 is 33.7 Å². The molecule has 2 aromatic carbocycles. The number of fused-ring (bicyclic) bond motifs is 1. The van der Waals surface area contributed by atoms with E-state index in [-0.39, 0.29) is 5.91 Å². The molecule has 0 radical (unpaired) electrons. The van der Waals surface area contributed by atoms with Crippen molar-refractivity contribution in [2.45, 2.75) is 6.92 Å². The maximum absolute atomic E-state index is 12.1. The summed E-state index contributed by atoms with van der Waals surface area (Å²) in [6.45, 7) is 1.88. The zero-order valence-electron chi connectivity index (χ0n) is 11.5. The van der Waals surface area contributed by atoms with Crippen molar-refractivity contribution in [1.82, 2.24) is 5.43 Å². The lowest BCUT2D eigenvalue weighted by atomic mass is 10.1. The van der Waals surface area contributed by atoms with Gasteiger partial charge in [-0.05, 0) is 41.3 Å². The number of nitrogens with zero attached hydrogens (tertiary/aromatic N) is 1. The van der Waals surface area contributed by atoms with Crippen molar-refractivity contribution in [2.75, 3.05) is 0 Å². The van der Waals surface area contributed by atoms with E-state index in [1.165, 1.54) is 0 Å². The summed E-state index contributed by atoms with van der Waals surface area (Å²) in [5.74, 6) is -0.198. The van der Waals surface area contributed by atoms with Crippen molar-refractivity contribution in [1.29, 1.82) is 0 Å². The Labute approximate surface area is 126 Å². The van der Waals surface area contributed by atoms with Gasteiger partial charge in [0.15, 0.2) is 0 Å². The van der Waals surface area contributed by atoms with Gasteiger partial charge >= 0.3 is 0 Å². The molecule has 0 aliphatic heterocycles. The van der Waals surface area contributed by atoms with Crippen LogP contribution in [0.2, 0.25) is 0 Å². The lowest BCUT2D eigenvalue weighted by molar-refractivity contribution is 0.0955. The predicted octanol–water partition coefficient (Wildman–Crippen LogP) is 4.06. The highest BCUT2D eigenvalue weighted by molar-refractivity contribution is 7.12. The quantitative estimate of drug-likeness (QED) is 0.574. The van der Waals surface area contributed by atoms with Gasteiger partial charge in [-0.15, -0.1) is 11.3 Å². The summed E-state index contributed by atoms with van der Waals surface area (Å²) < 4.78 is 0. The minimum Gasteiger partial charge on any atom is -0.267 e. The van der Waals surface area contributed by atoms with E-state index in [0.29, 0.717) is 5.56 Å². The first kappa shape index (κ1) is 13.5. The van der Waals surface area contributed by atoms with E-state index in [9.17, 15) is 4.79 Å². The van der Waals surface area contributed by atoms with Crippen LogP contribution >= 0.6 is 11.3 Å². The molecule has 0 atom stereocenters. The molecule has 0 unspecified atom stereocenters. The van der Waals surface area contributed by atoms with Gasteiger partial charge in [0, 0.05) is 10.4 Å². The summed E-state index contributed by atoms with van der Waals surface area (Å²) in [6, 6.07) is 17.5. The van der Waals surface area contributed by atoms with E-state index >= 15 is 0 Å². The molecule has 1 aromatic heterocycles. The van der Waals surface area contributed by atoms with Gasteiger partial charge in [-0.2, -0.15) is 5.10 Å². The van der Waals surface area contributed by atoms with Crippen LogP contribution in [0.4, 0.5) is 0 Å². The fraction of sp³-hybridized carbons (Fsp3) is 0.0588. The second-order valence-corrected chi connectivity index (χ2v) is 5.63. The van der Waals surface area contributed by atoms with Gasteiger partial charge < -0.3 is 0 Å². The first-order valence-corrected chi connectivity index (χ1v) is 7.49. The second-order valence-electron chi connectivity index (χ2n) is 4.68. The Bertz CT molecular complexity index is 807. The van der Waals surface area contributed by atoms with Crippen LogP contribution in [0.3, 0.4) is 0 Å². The highest BCUT2D eigenvalue weighted by Crippen LogP contribution is 2.15. The molecule has 0 bridgehead atoms. The Hall–Kier alpha value is -2.46. The molecule has 3 nitrogen and oxygen atoms in total. The van der Waals surface area contributed by atoms with E-state index in [1.807, 2.05) is 66.9 Å². The van der Waals surface area contributed by atoms with Crippen molar-refractivity contribution in [3.63, 3.8) is 0 Å². The van der Waals surface area contributed by atoms with Crippen LogP contribution < -0.4 is 5.43 Å². The number of carbonyl (C=O) groups is 1. The standard InChI is InChI=1S/C17H14N2OS/c1-12(16-7-4-10-21-16)18-19-17(20)15-9-8-13-5-2-3-6-14(13)11-15/h2-11H,1H3,(H,19,20). The number of hydrogen-bond donors (Lipinski definition) is 1. The van der Waals surface area contributed by atoms with E-state index in [1.54, 1.807) is 11.3 Å². The lowest BCUT2D eigenvalue weighted by Gasteiger charge is -2.03. The third-order valence-corrected chi connectivity index (χ3v) is 4.19. The number of benzene rings is 2. The Kier molecular flexibility index (Phi) is 3.79. The summed E-state index contributed by atoms with van der Waals surface area (Å²) in [5, 5.41) is 8.30. The van der Waals surface area contributed by atoms with Crippen molar-refractivity contribution in [3.8, 4) is 0 Å². The summed E-state index contributed by atoms with van der Waals surface area (Å²) in [4.78, 5) is 13.2. The lowest BCUT2D eigenvalue weighted by Crippen LogP contribution is -2.19. The van der Waals surface area contributed by atoms with Crippen LogP contribution in [0.25, 0.3) is 10.8 Å². The van der Waals surface area contributed by atoms with Gasteiger partial charge in [-0.3, -0.25) is 4.79 Å². The number of rotatable bonds is 3. The molecule has 4 heteroatoms. The molecule has 0 saturated heterocycles. The molecule has 3 aromatic rings. The van der Waals surface area contributed by atoms with E-state index in [0.717, 1.165) is 21.4 Å². The van der Waals surface area contributed by atoms with Gasteiger partial charge in [-0.1, -0.05) is 36.4 Å². The Morgan fingerprint density at radius 3 is 2.62 bits per heavy atom. The van der Waals surface area contributed by atoms with Crippen LogP contribution in [-0.2, 0) is 0 Å². The molecule has 3 rings (SSSR count). The Morgan fingerprint density at radius 2 is 1.86 bits per heavy atom. The molecular formula is C17H14N2OS. The summed E-state index contributed by atoms with van der Waals surface area (Å²) in [5.41, 5.74) is 4.02. The average molecular weight is 294 g/mol. The van der Waals surface area contributed by atoms with E-state index in [4.69, 9.17) is 0 Å². The van der Waals surface area contributed by atoms with Crippen LogP contribution in [0.15, 0.2) is 65.1 Å². The highest BCUT2D eigenvalue weighted by atomic mass is 32.1. The van der Waals surface area contributed by atoms with Crippen LogP contribution in [-0.4, -0.2) is 11.6 Å². The maximum Gasteiger partial charge on any atom is 0.271 e. The molecule has 1 heterocycles. The van der Waals surface area contributed by atoms with Crippen molar-refractivity contribution < 1.29 is 4.79 Å². The molecule has 0 aliphatic rings. The van der Waals surface area contributed by atoms with Gasteiger partial charge in [0.2, 0.25) is 0 Å². The molecule has 0 aliphatic carbocycles. The van der Waals surface area contributed by atoms with Crippen molar-refractivity contribution in [2.24, 2.45) is 5.10 Å². The monoisotopic (exact) mass is 294 g/mol. The second kappa shape index (κ2) is 5.89. The summed E-state index contributed by atoms with van der Waals surface area (Å²) in [6.07, 6.45) is 0. The fourth-order valence-electron chi connectivity index (χ4n) is 2.07. The van der Waals surface area contributed by atoms with Gasteiger partial charge in [-0.25, -0.2) is 5.43 Å². The fourth-order valence-corrected chi connectivity index (χ4v) is 2.75. The maximum atomic E-state index is 12.1. The van der Waals surface area contributed by atoms with Crippen LogP contribution in [0.5, 0.6) is 0 Å². The SMILES string of the molecule is CC(=NNC(=O)c1ccc2ccccc2c1)c1cccs1. The predicted molar refractivity (Wildman–Crippen MR) is 87.9 cm³/mol. The zero-order valence-corrected chi connectivity index (χ0v) is 12.4. The molecule has 0 saturated carbocycles. The third-order valence-electron chi connectivity index (χ3n) is 3.21. The Balaban J connectivity index is 1.79. The van der Waals surface area contributed by atoms with Gasteiger partial charge in [0.05, 0.1) is 5.71 Å². The average Bonchev–Trinajstić information content (AvgIpc) is 3.06. The number of thiophene rings is 1. The minimum atomic E-state index is -0.198. The van der Waals surface area contributed by atoms with Crippen molar-refractivity contribution in [3.05, 3.63) is 70.4 Å². The molecule has 21 heavy (non-hydrogen) atoms. The first-order chi connectivity index (χ1) is 10.2. The minimum absolute atomic E-state index is 0.198. The number of carbonyl (C=O) groups excluding carboxylic acids is 1. The smallest absolute Gasteiger partial charge is 0.267 e. The number of nitrogens with one attached hydrogen (secondary N) is 1. The van der Waals surface area contributed by atoms with E-state index in [2.05, 4.69) is 10.5 Å². The number of hydrazone groups is 1. The third kappa shape index (κ3) is 3.01. The number of amides is 1. The number of hydrogen-bond acceptors (Lipinski definition) is 3. The van der Waals surface area contributed by atoms with Crippen LogP contribution in [0.1, 0.15) is 22.2 Å². The molecule has 0 spiro atoms. The largest absolute Gasteiger partial charge is 0.271 e. The molecule has 0 fully saturated rings. The zero-order chi connectivity index (χ0) is 14.7. The molecule has 104 valence electrons. The molecule has 1 N–H and O–H groups in total. The van der Waals surface area contributed by atoms with Gasteiger partial charge in [0.25, 0.3) is 5.91 Å². The summed E-state index contributed by atoms with van der Waals surface area (Å²) in [7, 11) is 0. The molecule has 1 amide bonds. The van der Waals surface area contributed by atoms with Gasteiger partial charge in [0.1, 0.15) is 0 Å². The Morgan fingerprint density at radius 1 is 1.05 bits per heavy atom. The molecular weight excluding hydrogens is 280 g/mol. The van der Waals surface area contributed by atoms with E-state index < -0.39 is 0 Å². The first-order valence-electron chi connectivity index (χ1n) is 6.61. The highest BCUT2D eigenvalue weighted by Gasteiger charge is 2.06.